The second-order valence-electron chi connectivity index (χ2n) is 6.55. The molecule has 1 nitrogen and oxygen atoms in total. The summed E-state index contributed by atoms with van der Waals surface area (Å²) in [7, 11) is 0. The minimum absolute atomic E-state index is 0.981. The van der Waals surface area contributed by atoms with Gasteiger partial charge in [0.1, 0.15) is 0 Å². The predicted molar refractivity (Wildman–Crippen MR) is 75.1 cm³/mol. The topological polar surface area (TPSA) is 12.0 Å². The standard InChI is InChI=1S/C16H31N/c1-3-17-12-15-10-9-13(2)11-16(15)14-7-5-4-6-8-14/h13-17H,3-12H2,1-2H3. The highest BCUT2D eigenvalue weighted by atomic mass is 14.8. The van der Waals surface area contributed by atoms with Crippen molar-refractivity contribution in [2.75, 3.05) is 13.1 Å². The average Bonchev–Trinajstić information content (AvgIpc) is 2.38. The van der Waals surface area contributed by atoms with Crippen LogP contribution in [0.2, 0.25) is 0 Å². The molecule has 2 aliphatic rings. The van der Waals surface area contributed by atoms with E-state index < -0.39 is 0 Å². The molecule has 0 amide bonds. The predicted octanol–water partition coefficient (Wildman–Crippen LogP) is 4.23. The smallest absolute Gasteiger partial charge is 0.00179 e. The second kappa shape index (κ2) is 6.78. The van der Waals surface area contributed by atoms with E-state index in [1.807, 2.05) is 0 Å². The van der Waals surface area contributed by atoms with Crippen LogP contribution in [0.4, 0.5) is 0 Å². The average molecular weight is 237 g/mol. The summed E-state index contributed by atoms with van der Waals surface area (Å²) in [6, 6.07) is 0. The maximum atomic E-state index is 3.60. The Balaban J connectivity index is 1.92. The van der Waals surface area contributed by atoms with Crippen LogP contribution in [0.3, 0.4) is 0 Å². The fraction of sp³-hybridized carbons (Fsp3) is 1.00. The molecule has 0 bridgehead atoms. The van der Waals surface area contributed by atoms with Gasteiger partial charge in [-0.3, -0.25) is 0 Å². The van der Waals surface area contributed by atoms with Crippen LogP contribution in [0.5, 0.6) is 0 Å². The molecule has 17 heavy (non-hydrogen) atoms. The third kappa shape index (κ3) is 3.71. The molecule has 0 aromatic heterocycles. The van der Waals surface area contributed by atoms with E-state index in [-0.39, 0.29) is 0 Å². The highest BCUT2D eigenvalue weighted by Crippen LogP contribution is 2.43. The van der Waals surface area contributed by atoms with Crippen molar-refractivity contribution in [2.45, 2.75) is 65.2 Å². The van der Waals surface area contributed by atoms with Gasteiger partial charge in [0.15, 0.2) is 0 Å². The van der Waals surface area contributed by atoms with Crippen molar-refractivity contribution in [2.24, 2.45) is 23.7 Å². The Morgan fingerprint density at radius 3 is 2.47 bits per heavy atom. The largest absolute Gasteiger partial charge is 0.317 e. The Morgan fingerprint density at radius 2 is 1.76 bits per heavy atom. The molecule has 1 N–H and O–H groups in total. The highest BCUT2D eigenvalue weighted by Gasteiger charge is 2.34. The van der Waals surface area contributed by atoms with E-state index in [0.717, 1.165) is 30.2 Å². The summed E-state index contributed by atoms with van der Waals surface area (Å²) < 4.78 is 0. The third-order valence-electron chi connectivity index (χ3n) is 5.22. The first-order valence-corrected chi connectivity index (χ1v) is 8.02. The lowest BCUT2D eigenvalue weighted by Crippen LogP contribution is -2.37. The Labute approximate surface area is 108 Å². The Bertz CT molecular complexity index is 206. The summed E-state index contributed by atoms with van der Waals surface area (Å²) in [5.41, 5.74) is 0. The van der Waals surface area contributed by atoms with Crippen molar-refractivity contribution < 1.29 is 0 Å². The zero-order valence-corrected chi connectivity index (χ0v) is 11.9. The van der Waals surface area contributed by atoms with Crippen LogP contribution in [-0.4, -0.2) is 13.1 Å². The van der Waals surface area contributed by atoms with Crippen LogP contribution < -0.4 is 5.32 Å². The van der Waals surface area contributed by atoms with Crippen LogP contribution in [-0.2, 0) is 0 Å². The van der Waals surface area contributed by atoms with Crippen molar-refractivity contribution in [3.8, 4) is 0 Å². The van der Waals surface area contributed by atoms with Gasteiger partial charge in [0.05, 0.1) is 0 Å². The molecule has 1 heteroatoms. The Morgan fingerprint density at radius 1 is 1.00 bits per heavy atom. The summed E-state index contributed by atoms with van der Waals surface area (Å²) in [5, 5.41) is 3.60. The van der Waals surface area contributed by atoms with Crippen LogP contribution in [0.1, 0.15) is 65.2 Å². The van der Waals surface area contributed by atoms with Crippen molar-refractivity contribution in [1.29, 1.82) is 0 Å². The molecule has 0 aromatic rings. The lowest BCUT2D eigenvalue weighted by molar-refractivity contribution is 0.101. The van der Waals surface area contributed by atoms with Gasteiger partial charge in [-0.1, -0.05) is 52.4 Å². The monoisotopic (exact) mass is 237 g/mol. The summed E-state index contributed by atoms with van der Waals surface area (Å²) in [6.45, 7) is 7.13. The molecule has 0 heterocycles. The fourth-order valence-electron chi connectivity index (χ4n) is 4.21. The van der Waals surface area contributed by atoms with Gasteiger partial charge in [-0.2, -0.15) is 0 Å². The molecular weight excluding hydrogens is 206 g/mol. The molecule has 0 radical (unpaired) electrons. The molecule has 3 unspecified atom stereocenters. The first-order chi connectivity index (χ1) is 8.31. The summed E-state index contributed by atoms with van der Waals surface area (Å²) in [4.78, 5) is 0. The van der Waals surface area contributed by atoms with Gasteiger partial charge in [0.25, 0.3) is 0 Å². The number of rotatable bonds is 4. The molecular formula is C16H31N. The lowest BCUT2D eigenvalue weighted by atomic mass is 9.65. The minimum Gasteiger partial charge on any atom is -0.317 e. The van der Waals surface area contributed by atoms with E-state index in [1.165, 1.54) is 57.9 Å². The molecule has 2 fully saturated rings. The van der Waals surface area contributed by atoms with Crippen LogP contribution in [0.25, 0.3) is 0 Å². The lowest BCUT2D eigenvalue weighted by Gasteiger charge is -2.41. The number of hydrogen-bond acceptors (Lipinski definition) is 1. The Kier molecular flexibility index (Phi) is 5.34. The molecule has 3 atom stereocenters. The molecule has 2 rings (SSSR count). The molecule has 2 aliphatic carbocycles. The van der Waals surface area contributed by atoms with E-state index in [9.17, 15) is 0 Å². The van der Waals surface area contributed by atoms with Gasteiger partial charge in [-0.25, -0.2) is 0 Å². The fourth-order valence-corrected chi connectivity index (χ4v) is 4.21. The SMILES string of the molecule is CCNCC1CCC(C)CC1C1CCCCC1. The maximum absolute atomic E-state index is 3.60. The molecule has 0 spiro atoms. The number of hydrogen-bond donors (Lipinski definition) is 1. The zero-order chi connectivity index (χ0) is 12.1. The van der Waals surface area contributed by atoms with Gasteiger partial charge in [-0.05, 0) is 49.6 Å². The van der Waals surface area contributed by atoms with E-state index in [4.69, 9.17) is 0 Å². The molecule has 100 valence electrons. The quantitative estimate of drug-likeness (QED) is 0.771. The van der Waals surface area contributed by atoms with Crippen molar-refractivity contribution >= 4 is 0 Å². The van der Waals surface area contributed by atoms with Crippen molar-refractivity contribution in [3.05, 3.63) is 0 Å². The maximum Gasteiger partial charge on any atom is -0.00179 e. The first-order valence-electron chi connectivity index (χ1n) is 8.02. The molecule has 0 aliphatic heterocycles. The van der Waals surface area contributed by atoms with Crippen molar-refractivity contribution in [3.63, 3.8) is 0 Å². The van der Waals surface area contributed by atoms with Gasteiger partial charge in [0, 0.05) is 0 Å². The van der Waals surface area contributed by atoms with Crippen LogP contribution in [0, 0.1) is 23.7 Å². The van der Waals surface area contributed by atoms with E-state index in [2.05, 4.69) is 19.2 Å². The van der Waals surface area contributed by atoms with Crippen LogP contribution >= 0.6 is 0 Å². The van der Waals surface area contributed by atoms with Crippen molar-refractivity contribution in [1.82, 2.24) is 5.32 Å². The van der Waals surface area contributed by atoms with Gasteiger partial charge >= 0.3 is 0 Å². The Hall–Kier alpha value is -0.0400. The molecule has 0 saturated heterocycles. The number of nitrogens with one attached hydrogen (secondary N) is 1. The summed E-state index contributed by atoms with van der Waals surface area (Å²) >= 11 is 0. The second-order valence-corrected chi connectivity index (χ2v) is 6.55. The first kappa shape index (κ1) is 13.4. The molecule has 2 saturated carbocycles. The summed E-state index contributed by atoms with van der Waals surface area (Å²) in [6.07, 6.45) is 12.0. The molecule has 0 aromatic carbocycles. The van der Waals surface area contributed by atoms with E-state index >= 15 is 0 Å². The zero-order valence-electron chi connectivity index (χ0n) is 11.9. The normalized spacial score (nSPS) is 36.0. The van der Waals surface area contributed by atoms with E-state index in [1.54, 1.807) is 0 Å². The summed E-state index contributed by atoms with van der Waals surface area (Å²) in [5.74, 6) is 4.07. The van der Waals surface area contributed by atoms with Crippen LogP contribution in [0.15, 0.2) is 0 Å². The highest BCUT2D eigenvalue weighted by molar-refractivity contribution is 4.85. The third-order valence-corrected chi connectivity index (χ3v) is 5.22. The minimum atomic E-state index is 0.981. The van der Waals surface area contributed by atoms with E-state index in [0.29, 0.717) is 0 Å². The van der Waals surface area contributed by atoms with Gasteiger partial charge in [0.2, 0.25) is 0 Å². The van der Waals surface area contributed by atoms with Gasteiger partial charge < -0.3 is 5.32 Å². The van der Waals surface area contributed by atoms with Gasteiger partial charge in [-0.15, -0.1) is 0 Å².